The molecule has 6 heteroatoms. The molecule has 1 aromatic heterocycles. The lowest BCUT2D eigenvalue weighted by Gasteiger charge is -2.40. The van der Waals surface area contributed by atoms with E-state index in [0.717, 1.165) is 11.4 Å². The third kappa shape index (κ3) is 1.41. The zero-order valence-electron chi connectivity index (χ0n) is 8.55. The summed E-state index contributed by atoms with van der Waals surface area (Å²) in [5, 5.41) is 2.80. The van der Waals surface area contributed by atoms with Crippen molar-refractivity contribution in [1.29, 1.82) is 0 Å². The summed E-state index contributed by atoms with van der Waals surface area (Å²) in [5.41, 5.74) is 1.73. The fourth-order valence-corrected chi connectivity index (χ4v) is 3.41. The molecule has 0 radical (unpaired) electrons. The standard InChI is InChI=1S/C10H11N3O2S/c14-10-9-6-16(15)4-3-13(9)8-1-2-11-5-7(8)12-10/h1-2,5,9H,3-4,6H2,(H,12,14). The van der Waals surface area contributed by atoms with Gasteiger partial charge in [0, 0.05) is 29.3 Å². The Kier molecular flexibility index (Phi) is 2.17. The molecule has 0 bridgehead atoms. The van der Waals surface area contributed by atoms with E-state index in [9.17, 15) is 9.00 Å². The third-order valence-electron chi connectivity index (χ3n) is 2.95. The minimum atomic E-state index is -0.874. The molecule has 1 saturated heterocycles. The summed E-state index contributed by atoms with van der Waals surface area (Å²) in [6.07, 6.45) is 3.36. The molecule has 0 aliphatic carbocycles. The number of hydrogen-bond donors (Lipinski definition) is 1. The fraction of sp³-hybridized carbons (Fsp3) is 0.400. The SMILES string of the molecule is O=C1Nc2cnccc2N2CCS(=O)CC12. The van der Waals surface area contributed by atoms with Crippen LogP contribution < -0.4 is 10.2 Å². The van der Waals surface area contributed by atoms with Crippen LogP contribution in [0, 0.1) is 0 Å². The summed E-state index contributed by atoms with van der Waals surface area (Å²) >= 11 is 0. The number of nitrogens with zero attached hydrogens (tertiary/aromatic N) is 2. The second-order valence-electron chi connectivity index (χ2n) is 3.90. The van der Waals surface area contributed by atoms with Crippen molar-refractivity contribution in [3.05, 3.63) is 18.5 Å². The highest BCUT2D eigenvalue weighted by Crippen LogP contribution is 2.32. The Morgan fingerprint density at radius 1 is 1.56 bits per heavy atom. The molecule has 0 spiro atoms. The largest absolute Gasteiger partial charge is 0.356 e. The van der Waals surface area contributed by atoms with Gasteiger partial charge in [0.05, 0.1) is 23.3 Å². The van der Waals surface area contributed by atoms with Crippen LogP contribution in [0.15, 0.2) is 18.5 Å². The van der Waals surface area contributed by atoms with Crippen molar-refractivity contribution in [2.75, 3.05) is 28.3 Å². The maximum atomic E-state index is 11.8. The minimum absolute atomic E-state index is 0.0754. The summed E-state index contributed by atoms with van der Waals surface area (Å²) in [4.78, 5) is 17.8. The zero-order valence-corrected chi connectivity index (χ0v) is 9.37. The number of aromatic nitrogens is 1. The van der Waals surface area contributed by atoms with Gasteiger partial charge in [0.15, 0.2) is 0 Å². The normalized spacial score (nSPS) is 28.0. The number of anilines is 2. The van der Waals surface area contributed by atoms with Gasteiger partial charge in [0.1, 0.15) is 6.04 Å². The first-order chi connectivity index (χ1) is 7.75. The van der Waals surface area contributed by atoms with Gasteiger partial charge >= 0.3 is 0 Å². The number of rotatable bonds is 0. The van der Waals surface area contributed by atoms with Crippen LogP contribution in [-0.2, 0) is 15.6 Å². The summed E-state index contributed by atoms with van der Waals surface area (Å²) < 4.78 is 11.5. The van der Waals surface area contributed by atoms with Gasteiger partial charge in [-0.3, -0.25) is 14.0 Å². The number of amides is 1. The predicted octanol–water partition coefficient (Wildman–Crippen LogP) is -0.0290. The quantitative estimate of drug-likeness (QED) is 0.688. The van der Waals surface area contributed by atoms with Crippen LogP contribution in [0.5, 0.6) is 0 Å². The van der Waals surface area contributed by atoms with E-state index in [4.69, 9.17) is 0 Å². The Labute approximate surface area is 95.3 Å². The maximum Gasteiger partial charge on any atom is 0.248 e. The van der Waals surface area contributed by atoms with E-state index in [1.807, 2.05) is 11.0 Å². The van der Waals surface area contributed by atoms with E-state index in [1.165, 1.54) is 0 Å². The molecular weight excluding hydrogens is 226 g/mol. The van der Waals surface area contributed by atoms with E-state index < -0.39 is 10.8 Å². The monoisotopic (exact) mass is 237 g/mol. The summed E-state index contributed by atoms with van der Waals surface area (Å²) in [6, 6.07) is 1.60. The Morgan fingerprint density at radius 3 is 3.31 bits per heavy atom. The van der Waals surface area contributed by atoms with Gasteiger partial charge in [-0.25, -0.2) is 0 Å². The van der Waals surface area contributed by atoms with Crippen molar-refractivity contribution in [3.63, 3.8) is 0 Å². The summed E-state index contributed by atoms with van der Waals surface area (Å²) in [7, 11) is -0.874. The van der Waals surface area contributed by atoms with Crippen LogP contribution >= 0.6 is 0 Å². The molecule has 3 rings (SSSR count). The Balaban J connectivity index is 2.04. The predicted molar refractivity (Wildman–Crippen MR) is 61.9 cm³/mol. The smallest absolute Gasteiger partial charge is 0.248 e. The van der Waals surface area contributed by atoms with Crippen molar-refractivity contribution in [3.8, 4) is 0 Å². The van der Waals surface area contributed by atoms with Crippen molar-refractivity contribution in [2.24, 2.45) is 0 Å². The van der Waals surface area contributed by atoms with E-state index in [1.54, 1.807) is 12.4 Å². The lowest BCUT2D eigenvalue weighted by molar-refractivity contribution is -0.117. The Bertz CT molecular complexity index is 477. The molecule has 2 unspecified atom stereocenters. The van der Waals surface area contributed by atoms with E-state index >= 15 is 0 Å². The van der Waals surface area contributed by atoms with Crippen LogP contribution in [0.25, 0.3) is 0 Å². The molecule has 2 aliphatic rings. The van der Waals surface area contributed by atoms with Crippen LogP contribution in [0.3, 0.4) is 0 Å². The molecule has 5 nitrogen and oxygen atoms in total. The van der Waals surface area contributed by atoms with Crippen molar-refractivity contribution >= 4 is 28.1 Å². The van der Waals surface area contributed by atoms with E-state index in [0.29, 0.717) is 18.1 Å². The number of nitrogens with one attached hydrogen (secondary N) is 1. The van der Waals surface area contributed by atoms with Gasteiger partial charge in [-0.15, -0.1) is 0 Å². The Hall–Kier alpha value is -1.43. The second-order valence-corrected chi connectivity index (χ2v) is 5.52. The first-order valence-electron chi connectivity index (χ1n) is 5.12. The highest BCUT2D eigenvalue weighted by molar-refractivity contribution is 7.85. The second kappa shape index (κ2) is 3.55. The number of pyridine rings is 1. The van der Waals surface area contributed by atoms with Crippen LogP contribution in [0.2, 0.25) is 0 Å². The van der Waals surface area contributed by atoms with Gasteiger partial charge in [0.2, 0.25) is 5.91 Å². The van der Waals surface area contributed by atoms with Gasteiger partial charge in [-0.2, -0.15) is 0 Å². The molecule has 2 aliphatic heterocycles. The summed E-state index contributed by atoms with van der Waals surface area (Å²) in [5.74, 6) is 0.979. The first kappa shape index (κ1) is 9.77. The third-order valence-corrected chi connectivity index (χ3v) is 4.27. The average Bonchev–Trinajstić information content (AvgIpc) is 2.29. The lowest BCUT2D eigenvalue weighted by Crippen LogP contribution is -2.55. The maximum absolute atomic E-state index is 11.8. The number of hydrogen-bond acceptors (Lipinski definition) is 4. The summed E-state index contributed by atoms with van der Waals surface area (Å²) in [6.45, 7) is 0.668. The van der Waals surface area contributed by atoms with Crippen LogP contribution in [-0.4, -0.2) is 39.2 Å². The molecular formula is C10H11N3O2S. The highest BCUT2D eigenvalue weighted by atomic mass is 32.2. The number of fused-ring (bicyclic) bond motifs is 3. The molecule has 84 valence electrons. The molecule has 1 amide bonds. The number of carbonyl (C=O) groups is 1. The van der Waals surface area contributed by atoms with E-state index in [2.05, 4.69) is 10.3 Å². The van der Waals surface area contributed by atoms with Gasteiger partial charge in [-0.05, 0) is 6.07 Å². The van der Waals surface area contributed by atoms with Gasteiger partial charge < -0.3 is 10.2 Å². The van der Waals surface area contributed by atoms with Crippen molar-refractivity contribution in [1.82, 2.24) is 4.98 Å². The molecule has 0 aromatic carbocycles. The Morgan fingerprint density at radius 2 is 2.44 bits per heavy atom. The average molecular weight is 237 g/mol. The van der Waals surface area contributed by atoms with Crippen molar-refractivity contribution < 1.29 is 9.00 Å². The lowest BCUT2D eigenvalue weighted by atomic mass is 10.1. The fourth-order valence-electron chi connectivity index (χ4n) is 2.16. The topological polar surface area (TPSA) is 62.3 Å². The molecule has 1 fully saturated rings. The van der Waals surface area contributed by atoms with Crippen molar-refractivity contribution in [2.45, 2.75) is 6.04 Å². The first-order valence-corrected chi connectivity index (χ1v) is 6.61. The zero-order chi connectivity index (χ0) is 11.1. The number of carbonyl (C=O) groups excluding carboxylic acids is 1. The molecule has 1 N–H and O–H groups in total. The molecule has 16 heavy (non-hydrogen) atoms. The molecule has 1 aromatic rings. The van der Waals surface area contributed by atoms with Crippen LogP contribution in [0.4, 0.5) is 11.4 Å². The van der Waals surface area contributed by atoms with Crippen LogP contribution in [0.1, 0.15) is 0 Å². The van der Waals surface area contributed by atoms with Gasteiger partial charge in [-0.1, -0.05) is 0 Å². The van der Waals surface area contributed by atoms with Gasteiger partial charge in [0.25, 0.3) is 0 Å². The molecule has 3 heterocycles. The highest BCUT2D eigenvalue weighted by Gasteiger charge is 2.36. The molecule has 0 saturated carbocycles. The minimum Gasteiger partial charge on any atom is -0.356 e. The molecule has 2 atom stereocenters. The van der Waals surface area contributed by atoms with E-state index in [-0.39, 0.29) is 11.9 Å².